The molecule has 0 radical (unpaired) electrons. The average Bonchev–Trinajstić information content (AvgIpc) is 2.97. The molecular weight excluding hydrogens is 560 g/mol. The lowest BCUT2D eigenvalue weighted by Gasteiger charge is -2.18. The van der Waals surface area contributed by atoms with Crippen LogP contribution in [0, 0.1) is 0 Å². The molecule has 0 aromatic carbocycles. The zero-order valence-corrected chi connectivity index (χ0v) is 28.5. The second kappa shape index (κ2) is 35.4. The zero-order chi connectivity index (χ0) is 33.1. The molecule has 3 N–H and O–H groups in total. The van der Waals surface area contributed by atoms with Crippen LogP contribution in [0.1, 0.15) is 200 Å². The molecule has 0 aliphatic rings. The van der Waals surface area contributed by atoms with Crippen molar-refractivity contribution in [1.82, 2.24) is 0 Å². The van der Waals surface area contributed by atoms with Crippen molar-refractivity contribution in [3.63, 3.8) is 0 Å². The van der Waals surface area contributed by atoms with Crippen LogP contribution >= 0.6 is 0 Å². The van der Waals surface area contributed by atoms with E-state index in [0.29, 0.717) is 19.3 Å². The molecule has 0 saturated heterocycles. The van der Waals surface area contributed by atoms with Crippen molar-refractivity contribution in [2.45, 2.75) is 206 Å². The second-order valence-electron chi connectivity index (χ2n) is 12.3. The number of rotatable bonds is 32. The molecule has 0 aromatic rings. The third-order valence-corrected chi connectivity index (χ3v) is 7.86. The summed E-state index contributed by atoms with van der Waals surface area (Å²) < 4.78 is 5.77. The monoisotopic (exact) mass is 628 g/mol. The van der Waals surface area contributed by atoms with Crippen molar-refractivity contribution in [2.75, 3.05) is 0 Å². The highest BCUT2D eigenvalue weighted by Gasteiger charge is 2.14. The van der Waals surface area contributed by atoms with Crippen LogP contribution in [-0.4, -0.2) is 45.3 Å². The lowest BCUT2D eigenvalue weighted by Crippen LogP contribution is -2.18. The predicted molar refractivity (Wildman–Crippen MR) is 178 cm³/mol. The van der Waals surface area contributed by atoms with Gasteiger partial charge in [-0.25, -0.2) is 0 Å². The summed E-state index contributed by atoms with van der Waals surface area (Å²) in [7, 11) is 0. The number of carboxylic acids is 3. The van der Waals surface area contributed by atoms with E-state index in [1.807, 2.05) is 0 Å². The third-order valence-electron chi connectivity index (χ3n) is 7.86. The van der Waals surface area contributed by atoms with Crippen LogP contribution < -0.4 is 0 Å². The molecule has 8 nitrogen and oxygen atoms in total. The highest BCUT2D eigenvalue weighted by molar-refractivity contribution is 5.70. The van der Waals surface area contributed by atoms with Gasteiger partial charge in [0.2, 0.25) is 0 Å². The smallest absolute Gasteiger partial charge is 0.306 e. The molecule has 1 atom stereocenters. The van der Waals surface area contributed by atoms with E-state index in [1.54, 1.807) is 0 Å². The van der Waals surface area contributed by atoms with E-state index in [-0.39, 0.29) is 31.3 Å². The first-order valence-corrected chi connectivity index (χ1v) is 18.1. The van der Waals surface area contributed by atoms with E-state index in [9.17, 15) is 19.2 Å². The number of unbranched alkanes of at least 4 members (excludes halogenated alkanes) is 19. The number of carboxylic acid groups (broad SMARTS) is 3. The second-order valence-corrected chi connectivity index (χ2v) is 12.3. The number of esters is 1. The van der Waals surface area contributed by atoms with Gasteiger partial charge in [0.15, 0.2) is 0 Å². The number of carbonyl (C=O) groups excluding carboxylic acids is 1. The summed E-state index contributed by atoms with van der Waals surface area (Å²) in [5.41, 5.74) is 0. The summed E-state index contributed by atoms with van der Waals surface area (Å²) in [5, 5.41) is 25.4. The first kappa shape index (κ1) is 44.0. The SMILES string of the molecule is CCCCCCCCCCCC(CCCCCCCC)OC(=O)CCCCC(=O)O.O=C(O)CCCCCCCCC(=O)O. The molecule has 8 heteroatoms. The van der Waals surface area contributed by atoms with E-state index in [4.69, 9.17) is 20.1 Å². The van der Waals surface area contributed by atoms with Crippen LogP contribution in [0.2, 0.25) is 0 Å². The Morgan fingerprint density at radius 3 is 1.02 bits per heavy atom. The number of ether oxygens (including phenoxy) is 1. The summed E-state index contributed by atoms with van der Waals surface area (Å²) in [5.74, 6) is -2.42. The first-order chi connectivity index (χ1) is 21.2. The van der Waals surface area contributed by atoms with Gasteiger partial charge in [0.1, 0.15) is 6.10 Å². The molecule has 0 aliphatic heterocycles. The van der Waals surface area contributed by atoms with Crippen LogP contribution in [0.25, 0.3) is 0 Å². The lowest BCUT2D eigenvalue weighted by molar-refractivity contribution is -0.150. The normalized spacial score (nSPS) is 11.4. The minimum absolute atomic E-state index is 0.0488. The number of aliphatic carboxylic acids is 3. The highest BCUT2D eigenvalue weighted by Crippen LogP contribution is 2.18. The molecule has 0 fully saturated rings. The van der Waals surface area contributed by atoms with Crippen LogP contribution in [-0.2, 0) is 23.9 Å². The quantitative estimate of drug-likeness (QED) is 0.0494. The largest absolute Gasteiger partial charge is 0.481 e. The Morgan fingerprint density at radius 1 is 0.409 bits per heavy atom. The van der Waals surface area contributed by atoms with Gasteiger partial charge in [-0.3, -0.25) is 19.2 Å². The molecule has 0 spiro atoms. The van der Waals surface area contributed by atoms with Gasteiger partial charge >= 0.3 is 23.9 Å². The third kappa shape index (κ3) is 39.9. The molecule has 0 heterocycles. The van der Waals surface area contributed by atoms with Crippen molar-refractivity contribution in [3.8, 4) is 0 Å². The van der Waals surface area contributed by atoms with E-state index < -0.39 is 17.9 Å². The van der Waals surface area contributed by atoms with E-state index in [1.165, 1.54) is 83.5 Å². The highest BCUT2D eigenvalue weighted by atomic mass is 16.5. The lowest BCUT2D eigenvalue weighted by atomic mass is 10.0. The van der Waals surface area contributed by atoms with Gasteiger partial charge in [-0.05, 0) is 51.4 Å². The Morgan fingerprint density at radius 2 is 0.682 bits per heavy atom. The molecule has 0 amide bonds. The van der Waals surface area contributed by atoms with Crippen molar-refractivity contribution in [2.24, 2.45) is 0 Å². The fraction of sp³-hybridized carbons (Fsp3) is 0.889. The summed E-state index contributed by atoms with van der Waals surface area (Å²) in [6.45, 7) is 4.49. The van der Waals surface area contributed by atoms with Crippen molar-refractivity contribution >= 4 is 23.9 Å². The van der Waals surface area contributed by atoms with Gasteiger partial charge in [-0.2, -0.15) is 0 Å². The number of carbonyl (C=O) groups is 4. The van der Waals surface area contributed by atoms with Crippen LogP contribution in [0.15, 0.2) is 0 Å². The molecule has 0 rings (SSSR count). The van der Waals surface area contributed by atoms with Crippen LogP contribution in [0.4, 0.5) is 0 Å². The zero-order valence-electron chi connectivity index (χ0n) is 28.5. The van der Waals surface area contributed by atoms with Crippen LogP contribution in [0.5, 0.6) is 0 Å². The fourth-order valence-electron chi connectivity index (χ4n) is 5.15. The standard InChI is InChI=1S/C26H50O4.C10H18O4/c1-3-5-7-9-11-12-13-15-17-21-24(20-16-14-10-8-6-4-2)30-26(29)23-19-18-22-25(27)28;11-9(12)7-5-3-1-2-4-6-8-10(13)14/h24H,3-23H2,1-2H3,(H,27,28);1-8H2,(H,11,12)(H,13,14). The molecule has 44 heavy (non-hydrogen) atoms. The van der Waals surface area contributed by atoms with E-state index >= 15 is 0 Å². The van der Waals surface area contributed by atoms with Crippen LogP contribution in [0.3, 0.4) is 0 Å². The molecule has 260 valence electrons. The van der Waals surface area contributed by atoms with Crippen molar-refractivity contribution in [3.05, 3.63) is 0 Å². The molecule has 0 aromatic heterocycles. The Kier molecular flexibility index (Phi) is 35.4. The Balaban J connectivity index is 0. The van der Waals surface area contributed by atoms with Gasteiger partial charge in [0.05, 0.1) is 0 Å². The maximum absolute atomic E-state index is 12.2. The summed E-state index contributed by atoms with van der Waals surface area (Å²) in [6, 6.07) is 0. The average molecular weight is 629 g/mol. The number of hydrogen-bond donors (Lipinski definition) is 3. The van der Waals surface area contributed by atoms with E-state index in [0.717, 1.165) is 64.2 Å². The van der Waals surface area contributed by atoms with Gasteiger partial charge in [-0.1, -0.05) is 123 Å². The summed E-state index contributed by atoms with van der Waals surface area (Å²) in [4.78, 5) is 43.0. The Hall–Kier alpha value is -2.12. The fourth-order valence-corrected chi connectivity index (χ4v) is 5.15. The molecule has 1 unspecified atom stereocenters. The molecular formula is C36H68O8. The minimum atomic E-state index is -0.797. The van der Waals surface area contributed by atoms with Gasteiger partial charge in [0, 0.05) is 25.7 Å². The van der Waals surface area contributed by atoms with E-state index in [2.05, 4.69) is 13.8 Å². The molecule has 0 saturated carbocycles. The first-order valence-electron chi connectivity index (χ1n) is 18.1. The predicted octanol–water partition coefficient (Wildman–Crippen LogP) is 10.5. The summed E-state index contributed by atoms with van der Waals surface area (Å²) in [6.07, 6.45) is 28.7. The Bertz CT molecular complexity index is 659. The van der Waals surface area contributed by atoms with Gasteiger partial charge in [0.25, 0.3) is 0 Å². The van der Waals surface area contributed by atoms with Crippen molar-refractivity contribution < 1.29 is 39.2 Å². The summed E-state index contributed by atoms with van der Waals surface area (Å²) >= 11 is 0. The Labute approximate surface area is 269 Å². The number of hydrogen-bond acceptors (Lipinski definition) is 5. The minimum Gasteiger partial charge on any atom is -0.481 e. The maximum Gasteiger partial charge on any atom is 0.306 e. The van der Waals surface area contributed by atoms with Gasteiger partial charge < -0.3 is 20.1 Å². The maximum atomic E-state index is 12.2. The molecule has 0 bridgehead atoms. The topological polar surface area (TPSA) is 138 Å². The molecule has 0 aliphatic carbocycles. The van der Waals surface area contributed by atoms with Crippen molar-refractivity contribution in [1.29, 1.82) is 0 Å². The van der Waals surface area contributed by atoms with Gasteiger partial charge in [-0.15, -0.1) is 0 Å².